The Balaban J connectivity index is 2.18. The number of phenolic OH excluding ortho intramolecular Hbond substituents is 2. The number of rotatable bonds is 5. The van der Waals surface area contributed by atoms with Crippen LogP contribution in [0.4, 0.5) is 0 Å². The molecule has 3 nitrogen and oxygen atoms in total. The molecule has 1 aliphatic rings. The largest absolute Gasteiger partial charge is 0.508 e. The van der Waals surface area contributed by atoms with Crippen LogP contribution < -0.4 is 0 Å². The van der Waals surface area contributed by atoms with Crippen molar-refractivity contribution in [2.45, 2.75) is 52.0 Å². The lowest BCUT2D eigenvalue weighted by Crippen LogP contribution is -2.40. The van der Waals surface area contributed by atoms with Crippen LogP contribution in [0.15, 0.2) is 12.1 Å². The molecule has 3 heteroatoms. The summed E-state index contributed by atoms with van der Waals surface area (Å²) in [6.45, 7) is 6.66. The second kappa shape index (κ2) is 6.29. The fourth-order valence-electron chi connectivity index (χ4n) is 3.19. The maximum absolute atomic E-state index is 10.0. The molecule has 106 valence electrons. The number of benzene rings is 1. The molecule has 1 aromatic carbocycles. The van der Waals surface area contributed by atoms with Crippen LogP contribution >= 0.6 is 0 Å². The van der Waals surface area contributed by atoms with Crippen molar-refractivity contribution in [3.63, 3.8) is 0 Å². The average molecular weight is 263 g/mol. The minimum absolute atomic E-state index is 0.337. The fraction of sp³-hybridized carbons (Fsp3) is 0.625. The van der Waals surface area contributed by atoms with Crippen LogP contribution in [-0.4, -0.2) is 34.2 Å². The summed E-state index contributed by atoms with van der Waals surface area (Å²) in [5.41, 5.74) is 1.90. The van der Waals surface area contributed by atoms with E-state index in [9.17, 15) is 10.2 Å². The lowest BCUT2D eigenvalue weighted by atomic mass is 9.86. The molecule has 0 spiro atoms. The number of fused-ring (bicyclic) bond motifs is 1. The standard InChI is InChI=1S/C16H25NO2/c1-3-9-17(10-4-2)12-5-6-13-14(11-12)16(19)8-7-15(13)18/h7-8,12,18-19H,3-6,9-11H2,1-2H3. The molecular weight excluding hydrogens is 238 g/mol. The van der Waals surface area contributed by atoms with E-state index in [4.69, 9.17) is 0 Å². The first-order valence-corrected chi connectivity index (χ1v) is 7.44. The maximum Gasteiger partial charge on any atom is 0.119 e. The number of aromatic hydroxyl groups is 2. The summed E-state index contributed by atoms with van der Waals surface area (Å²) >= 11 is 0. The predicted octanol–water partition coefficient (Wildman–Crippen LogP) is 3.08. The molecular formula is C16H25NO2. The van der Waals surface area contributed by atoms with Gasteiger partial charge in [0.05, 0.1) is 0 Å². The summed E-state index contributed by atoms with van der Waals surface area (Å²) < 4.78 is 0. The van der Waals surface area contributed by atoms with E-state index in [-0.39, 0.29) is 0 Å². The lowest BCUT2D eigenvalue weighted by molar-refractivity contribution is 0.178. The summed E-state index contributed by atoms with van der Waals surface area (Å²) in [7, 11) is 0. The molecule has 1 unspecified atom stereocenters. The first kappa shape index (κ1) is 14.2. The number of nitrogens with zero attached hydrogens (tertiary/aromatic N) is 1. The molecule has 2 rings (SSSR count). The maximum atomic E-state index is 10.0. The fourth-order valence-corrected chi connectivity index (χ4v) is 3.19. The van der Waals surface area contributed by atoms with Gasteiger partial charge in [-0.25, -0.2) is 0 Å². The Bertz CT molecular complexity index is 425. The molecule has 0 fully saturated rings. The Hall–Kier alpha value is -1.22. The van der Waals surface area contributed by atoms with Crippen molar-refractivity contribution in [3.05, 3.63) is 23.3 Å². The summed E-state index contributed by atoms with van der Waals surface area (Å²) in [6, 6.07) is 3.71. The quantitative estimate of drug-likeness (QED) is 0.802. The molecule has 1 aliphatic carbocycles. The first-order chi connectivity index (χ1) is 9.17. The molecule has 0 amide bonds. The van der Waals surface area contributed by atoms with Crippen molar-refractivity contribution in [1.29, 1.82) is 0 Å². The van der Waals surface area contributed by atoms with E-state index < -0.39 is 0 Å². The van der Waals surface area contributed by atoms with Gasteiger partial charge in [0.2, 0.25) is 0 Å². The summed E-state index contributed by atoms with van der Waals surface area (Å²) in [4.78, 5) is 2.53. The topological polar surface area (TPSA) is 43.7 Å². The Morgan fingerprint density at radius 1 is 1.05 bits per heavy atom. The minimum Gasteiger partial charge on any atom is -0.508 e. The van der Waals surface area contributed by atoms with E-state index in [0.717, 1.165) is 56.3 Å². The van der Waals surface area contributed by atoms with Gasteiger partial charge in [0.1, 0.15) is 11.5 Å². The molecule has 0 aromatic heterocycles. The highest BCUT2D eigenvalue weighted by molar-refractivity contribution is 5.49. The average Bonchev–Trinajstić information content (AvgIpc) is 2.42. The minimum atomic E-state index is 0.337. The third-order valence-corrected chi connectivity index (χ3v) is 4.09. The predicted molar refractivity (Wildman–Crippen MR) is 77.7 cm³/mol. The molecule has 0 bridgehead atoms. The first-order valence-electron chi connectivity index (χ1n) is 7.44. The van der Waals surface area contributed by atoms with Crippen LogP contribution in [0.3, 0.4) is 0 Å². The van der Waals surface area contributed by atoms with Crippen molar-refractivity contribution in [1.82, 2.24) is 4.90 Å². The van der Waals surface area contributed by atoms with Gasteiger partial charge in [-0.2, -0.15) is 0 Å². The molecule has 0 aliphatic heterocycles. The summed E-state index contributed by atoms with van der Waals surface area (Å²) in [6.07, 6.45) is 5.12. The van der Waals surface area contributed by atoms with Gasteiger partial charge in [-0.15, -0.1) is 0 Å². The molecule has 0 saturated heterocycles. The molecule has 0 heterocycles. The molecule has 1 aromatic rings. The molecule has 2 N–H and O–H groups in total. The van der Waals surface area contributed by atoms with Gasteiger partial charge in [0.15, 0.2) is 0 Å². The van der Waals surface area contributed by atoms with E-state index in [1.165, 1.54) is 0 Å². The van der Waals surface area contributed by atoms with E-state index in [0.29, 0.717) is 17.5 Å². The van der Waals surface area contributed by atoms with Crippen molar-refractivity contribution < 1.29 is 10.2 Å². The highest BCUT2D eigenvalue weighted by Crippen LogP contribution is 2.36. The number of hydrogen-bond acceptors (Lipinski definition) is 3. The Kier molecular flexibility index (Phi) is 4.70. The van der Waals surface area contributed by atoms with Crippen molar-refractivity contribution in [3.8, 4) is 11.5 Å². The second-order valence-corrected chi connectivity index (χ2v) is 5.49. The summed E-state index contributed by atoms with van der Waals surface area (Å²) in [5.74, 6) is 0.675. The SMILES string of the molecule is CCCN(CCC)C1CCc2c(O)ccc(O)c2C1. The summed E-state index contributed by atoms with van der Waals surface area (Å²) in [5, 5.41) is 19.9. The Labute approximate surface area is 115 Å². The van der Waals surface area contributed by atoms with Crippen molar-refractivity contribution in [2.24, 2.45) is 0 Å². The lowest BCUT2D eigenvalue weighted by Gasteiger charge is -2.35. The third-order valence-electron chi connectivity index (χ3n) is 4.09. The molecule has 0 radical (unpaired) electrons. The van der Waals surface area contributed by atoms with Gasteiger partial charge < -0.3 is 15.1 Å². The van der Waals surface area contributed by atoms with Crippen molar-refractivity contribution >= 4 is 0 Å². The molecule has 19 heavy (non-hydrogen) atoms. The van der Waals surface area contributed by atoms with E-state index in [1.807, 2.05) is 0 Å². The van der Waals surface area contributed by atoms with Crippen LogP contribution in [0.25, 0.3) is 0 Å². The number of hydrogen-bond donors (Lipinski definition) is 2. The van der Waals surface area contributed by atoms with Gasteiger partial charge in [-0.05, 0) is 57.3 Å². The third kappa shape index (κ3) is 3.03. The zero-order chi connectivity index (χ0) is 13.8. The normalized spacial score (nSPS) is 18.6. The van der Waals surface area contributed by atoms with Gasteiger partial charge in [-0.3, -0.25) is 0 Å². The van der Waals surface area contributed by atoms with Crippen LogP contribution in [0.2, 0.25) is 0 Å². The highest BCUT2D eigenvalue weighted by atomic mass is 16.3. The monoisotopic (exact) mass is 263 g/mol. The smallest absolute Gasteiger partial charge is 0.119 e. The van der Waals surface area contributed by atoms with Gasteiger partial charge in [0.25, 0.3) is 0 Å². The second-order valence-electron chi connectivity index (χ2n) is 5.49. The van der Waals surface area contributed by atoms with E-state index in [2.05, 4.69) is 18.7 Å². The van der Waals surface area contributed by atoms with Gasteiger partial charge in [-0.1, -0.05) is 13.8 Å². The zero-order valence-electron chi connectivity index (χ0n) is 12.0. The number of phenols is 2. The molecule has 1 atom stereocenters. The van der Waals surface area contributed by atoms with E-state index >= 15 is 0 Å². The van der Waals surface area contributed by atoms with Crippen LogP contribution in [-0.2, 0) is 12.8 Å². The van der Waals surface area contributed by atoms with Crippen LogP contribution in [0.5, 0.6) is 11.5 Å². The van der Waals surface area contributed by atoms with Crippen LogP contribution in [0, 0.1) is 0 Å². The van der Waals surface area contributed by atoms with Gasteiger partial charge in [0, 0.05) is 17.2 Å². The highest BCUT2D eigenvalue weighted by Gasteiger charge is 2.26. The molecule has 0 saturated carbocycles. The van der Waals surface area contributed by atoms with Gasteiger partial charge >= 0.3 is 0 Å². The van der Waals surface area contributed by atoms with Crippen molar-refractivity contribution in [2.75, 3.05) is 13.1 Å². The Morgan fingerprint density at radius 2 is 1.63 bits per heavy atom. The zero-order valence-corrected chi connectivity index (χ0v) is 12.0. The van der Waals surface area contributed by atoms with Crippen LogP contribution in [0.1, 0.15) is 44.2 Å². The van der Waals surface area contributed by atoms with E-state index in [1.54, 1.807) is 12.1 Å². The Morgan fingerprint density at radius 3 is 2.21 bits per heavy atom.